The molecule has 1 aliphatic heterocycles. The van der Waals surface area contributed by atoms with Crippen LogP contribution in [0.1, 0.15) is 40.0 Å². The molecule has 3 amide bonds. The first-order chi connectivity index (χ1) is 11.7. The van der Waals surface area contributed by atoms with Gasteiger partial charge in [-0.3, -0.25) is 19.2 Å². The standard InChI is InChI=1S/C16H28N4O5/c1-4-9(2)13(17)15(23)18-8-12(21)20-7-5-6-11(20)14(22)19-10(3)16(24)25/h9-11,13H,4-8,17H2,1-3H3,(H,18,23)(H,19,22)(H,24,25)/t9-,10-,11-,13-/m0/s1. The topological polar surface area (TPSA) is 142 Å². The van der Waals surface area contributed by atoms with Crippen LogP contribution < -0.4 is 16.4 Å². The van der Waals surface area contributed by atoms with E-state index in [1.165, 1.54) is 11.8 Å². The molecule has 0 spiro atoms. The molecule has 1 fully saturated rings. The molecular weight excluding hydrogens is 328 g/mol. The van der Waals surface area contributed by atoms with Crippen molar-refractivity contribution in [1.82, 2.24) is 15.5 Å². The number of rotatable bonds is 8. The third kappa shape index (κ3) is 5.70. The number of hydrogen-bond acceptors (Lipinski definition) is 5. The number of amides is 3. The molecule has 0 aliphatic carbocycles. The highest BCUT2D eigenvalue weighted by Crippen LogP contribution is 2.17. The summed E-state index contributed by atoms with van der Waals surface area (Å²) in [5.41, 5.74) is 5.81. The first-order valence-electron chi connectivity index (χ1n) is 8.54. The lowest BCUT2D eigenvalue weighted by atomic mass is 9.99. The Morgan fingerprint density at radius 2 is 1.92 bits per heavy atom. The van der Waals surface area contributed by atoms with Gasteiger partial charge in [-0.05, 0) is 25.7 Å². The Hall–Kier alpha value is -2.16. The molecule has 1 aliphatic rings. The Bertz CT molecular complexity index is 525. The zero-order chi connectivity index (χ0) is 19.1. The largest absolute Gasteiger partial charge is 0.480 e. The van der Waals surface area contributed by atoms with Crippen LogP contribution in [0.4, 0.5) is 0 Å². The number of carboxylic acids is 1. The summed E-state index contributed by atoms with van der Waals surface area (Å²) in [6.45, 7) is 5.30. The van der Waals surface area contributed by atoms with Crippen molar-refractivity contribution in [3.63, 3.8) is 0 Å². The van der Waals surface area contributed by atoms with Crippen molar-refractivity contribution in [2.75, 3.05) is 13.1 Å². The van der Waals surface area contributed by atoms with Crippen LogP contribution in [0.25, 0.3) is 0 Å². The molecule has 25 heavy (non-hydrogen) atoms. The number of hydrogen-bond donors (Lipinski definition) is 4. The SMILES string of the molecule is CC[C@H](C)[C@H](N)C(=O)NCC(=O)N1CCC[C@H]1C(=O)N[C@@H](C)C(=O)O. The number of nitrogens with one attached hydrogen (secondary N) is 2. The van der Waals surface area contributed by atoms with Crippen molar-refractivity contribution in [2.24, 2.45) is 11.7 Å². The van der Waals surface area contributed by atoms with Gasteiger partial charge in [-0.1, -0.05) is 20.3 Å². The third-order valence-corrected chi connectivity index (χ3v) is 4.58. The van der Waals surface area contributed by atoms with Gasteiger partial charge in [0.25, 0.3) is 0 Å². The average molecular weight is 356 g/mol. The second kappa shape index (κ2) is 9.36. The van der Waals surface area contributed by atoms with Crippen LogP contribution in [0, 0.1) is 5.92 Å². The first kappa shape index (κ1) is 20.9. The molecule has 9 heteroatoms. The Labute approximate surface area is 147 Å². The minimum atomic E-state index is -1.14. The van der Waals surface area contributed by atoms with Crippen LogP contribution in [0.15, 0.2) is 0 Å². The summed E-state index contributed by atoms with van der Waals surface area (Å²) in [6, 6.07) is -2.43. The number of carbonyl (C=O) groups excluding carboxylic acids is 3. The molecule has 142 valence electrons. The molecule has 0 radical (unpaired) electrons. The highest BCUT2D eigenvalue weighted by atomic mass is 16.4. The fourth-order valence-electron chi connectivity index (χ4n) is 2.60. The second-order valence-corrected chi connectivity index (χ2v) is 6.44. The van der Waals surface area contributed by atoms with E-state index in [2.05, 4.69) is 10.6 Å². The monoisotopic (exact) mass is 356 g/mol. The maximum absolute atomic E-state index is 12.3. The average Bonchev–Trinajstić information content (AvgIpc) is 3.07. The quantitative estimate of drug-likeness (QED) is 0.442. The fraction of sp³-hybridized carbons (Fsp3) is 0.750. The summed E-state index contributed by atoms with van der Waals surface area (Å²) in [5.74, 6) is -2.43. The Morgan fingerprint density at radius 3 is 2.48 bits per heavy atom. The van der Waals surface area contributed by atoms with E-state index in [0.717, 1.165) is 6.42 Å². The molecule has 0 saturated carbocycles. The van der Waals surface area contributed by atoms with E-state index in [-0.39, 0.29) is 18.4 Å². The molecule has 1 rings (SSSR count). The molecule has 0 aromatic carbocycles. The summed E-state index contributed by atoms with van der Waals surface area (Å²) in [5, 5.41) is 13.7. The summed E-state index contributed by atoms with van der Waals surface area (Å²) in [4.78, 5) is 48.6. The van der Waals surface area contributed by atoms with Crippen molar-refractivity contribution >= 4 is 23.7 Å². The minimum Gasteiger partial charge on any atom is -0.480 e. The van der Waals surface area contributed by atoms with Gasteiger partial charge in [0.05, 0.1) is 12.6 Å². The van der Waals surface area contributed by atoms with E-state index in [1.54, 1.807) is 0 Å². The molecular formula is C16H28N4O5. The van der Waals surface area contributed by atoms with Crippen LogP contribution in [0.3, 0.4) is 0 Å². The zero-order valence-electron chi connectivity index (χ0n) is 14.9. The van der Waals surface area contributed by atoms with Gasteiger partial charge in [0.15, 0.2) is 0 Å². The summed E-state index contributed by atoms with van der Waals surface area (Å²) < 4.78 is 0. The second-order valence-electron chi connectivity index (χ2n) is 6.44. The van der Waals surface area contributed by atoms with Crippen LogP contribution in [-0.4, -0.2) is 64.9 Å². The molecule has 0 unspecified atom stereocenters. The van der Waals surface area contributed by atoms with E-state index >= 15 is 0 Å². The van der Waals surface area contributed by atoms with Gasteiger partial charge in [0.2, 0.25) is 17.7 Å². The fourth-order valence-corrected chi connectivity index (χ4v) is 2.60. The number of aliphatic carboxylic acids is 1. The van der Waals surface area contributed by atoms with Crippen LogP contribution >= 0.6 is 0 Å². The first-order valence-corrected chi connectivity index (χ1v) is 8.54. The summed E-state index contributed by atoms with van der Waals surface area (Å²) in [7, 11) is 0. The van der Waals surface area contributed by atoms with Gasteiger partial charge < -0.3 is 26.4 Å². The maximum atomic E-state index is 12.3. The third-order valence-electron chi connectivity index (χ3n) is 4.58. The van der Waals surface area contributed by atoms with E-state index in [1.807, 2.05) is 13.8 Å². The zero-order valence-corrected chi connectivity index (χ0v) is 14.9. The highest BCUT2D eigenvalue weighted by Gasteiger charge is 2.35. The molecule has 1 heterocycles. The highest BCUT2D eigenvalue weighted by molar-refractivity contribution is 5.92. The van der Waals surface area contributed by atoms with Crippen molar-refractivity contribution in [3.05, 3.63) is 0 Å². The summed E-state index contributed by atoms with van der Waals surface area (Å²) >= 11 is 0. The van der Waals surface area contributed by atoms with Gasteiger partial charge >= 0.3 is 5.97 Å². The molecule has 5 N–H and O–H groups in total. The smallest absolute Gasteiger partial charge is 0.325 e. The minimum absolute atomic E-state index is 0.00192. The van der Waals surface area contributed by atoms with Crippen molar-refractivity contribution in [1.29, 1.82) is 0 Å². The lowest BCUT2D eigenvalue weighted by molar-refractivity contribution is -0.143. The lowest BCUT2D eigenvalue weighted by Crippen LogP contribution is -2.53. The van der Waals surface area contributed by atoms with Crippen LogP contribution in [0.2, 0.25) is 0 Å². The van der Waals surface area contributed by atoms with Gasteiger partial charge in [-0.25, -0.2) is 0 Å². The van der Waals surface area contributed by atoms with Gasteiger partial charge in [0.1, 0.15) is 12.1 Å². The van der Waals surface area contributed by atoms with Gasteiger partial charge in [-0.2, -0.15) is 0 Å². The maximum Gasteiger partial charge on any atom is 0.325 e. The van der Waals surface area contributed by atoms with Crippen molar-refractivity contribution in [3.8, 4) is 0 Å². The molecule has 9 nitrogen and oxygen atoms in total. The van der Waals surface area contributed by atoms with Crippen molar-refractivity contribution < 1.29 is 24.3 Å². The summed E-state index contributed by atoms with van der Waals surface area (Å²) in [6.07, 6.45) is 1.86. The van der Waals surface area contributed by atoms with Gasteiger partial charge in [-0.15, -0.1) is 0 Å². The van der Waals surface area contributed by atoms with Crippen LogP contribution in [-0.2, 0) is 19.2 Å². The van der Waals surface area contributed by atoms with Crippen LogP contribution in [0.5, 0.6) is 0 Å². The number of likely N-dealkylation sites (tertiary alicyclic amines) is 1. The van der Waals surface area contributed by atoms with E-state index in [4.69, 9.17) is 10.8 Å². The van der Waals surface area contributed by atoms with E-state index in [0.29, 0.717) is 19.4 Å². The number of nitrogens with zero attached hydrogens (tertiary/aromatic N) is 1. The normalized spacial score (nSPS) is 20.5. The predicted octanol–water partition coefficient (Wildman–Crippen LogP) is -0.944. The molecule has 0 aromatic rings. The number of carbonyl (C=O) groups is 4. The Balaban J connectivity index is 2.57. The number of carboxylic acid groups (broad SMARTS) is 1. The molecule has 1 saturated heterocycles. The molecule has 0 aromatic heterocycles. The molecule has 0 bridgehead atoms. The Morgan fingerprint density at radius 1 is 1.28 bits per heavy atom. The predicted molar refractivity (Wildman–Crippen MR) is 90.4 cm³/mol. The van der Waals surface area contributed by atoms with Crippen molar-refractivity contribution in [2.45, 2.75) is 58.2 Å². The van der Waals surface area contributed by atoms with E-state index < -0.39 is 35.9 Å². The number of nitrogens with two attached hydrogens (primary N) is 1. The van der Waals surface area contributed by atoms with E-state index in [9.17, 15) is 19.2 Å². The molecule has 4 atom stereocenters. The van der Waals surface area contributed by atoms with Gasteiger partial charge in [0, 0.05) is 6.54 Å². The Kier molecular flexibility index (Phi) is 7.82. The lowest BCUT2D eigenvalue weighted by Gasteiger charge is -2.25.